The molecule has 0 saturated carbocycles. The van der Waals surface area contributed by atoms with Crippen LogP contribution in [0.5, 0.6) is 5.75 Å². The molecule has 2 amide bonds. The van der Waals surface area contributed by atoms with Crippen LogP contribution in [0, 0.1) is 0 Å². The summed E-state index contributed by atoms with van der Waals surface area (Å²) in [5.41, 5.74) is 0.792. The lowest BCUT2D eigenvalue weighted by Crippen LogP contribution is -2.42. The van der Waals surface area contributed by atoms with Crippen molar-refractivity contribution in [2.45, 2.75) is 19.9 Å². The summed E-state index contributed by atoms with van der Waals surface area (Å²) in [6, 6.07) is 10.4. The molecule has 7 heteroatoms. The number of esters is 1. The largest absolute Gasteiger partial charge is 0.496 e. The number of thioether (sulfide) groups is 1. The molecule has 1 saturated heterocycles. The summed E-state index contributed by atoms with van der Waals surface area (Å²) in [5, 5.41) is 1.33. The highest BCUT2D eigenvalue weighted by Gasteiger charge is 2.41. The molecule has 27 heavy (non-hydrogen) atoms. The Bertz CT molecular complexity index is 953. The summed E-state index contributed by atoms with van der Waals surface area (Å²) < 4.78 is 10.3. The van der Waals surface area contributed by atoms with Gasteiger partial charge in [0.05, 0.1) is 18.6 Å². The van der Waals surface area contributed by atoms with Crippen molar-refractivity contribution in [2.24, 2.45) is 0 Å². The number of ether oxygens (including phenoxy) is 2. The molecular weight excluding hydrogens is 366 g/mol. The lowest BCUT2D eigenvalue weighted by Gasteiger charge is -2.19. The zero-order chi connectivity index (χ0) is 19.6. The molecule has 0 bridgehead atoms. The Balaban J connectivity index is 1.97. The van der Waals surface area contributed by atoms with E-state index in [9.17, 15) is 14.4 Å². The van der Waals surface area contributed by atoms with Gasteiger partial charge in [-0.15, -0.1) is 0 Å². The zero-order valence-corrected chi connectivity index (χ0v) is 16.0. The zero-order valence-electron chi connectivity index (χ0n) is 15.2. The summed E-state index contributed by atoms with van der Waals surface area (Å²) >= 11 is 0.818. The molecule has 1 aliphatic rings. The predicted octanol–water partition coefficient (Wildman–Crippen LogP) is 3.84. The fourth-order valence-corrected chi connectivity index (χ4v) is 3.82. The maximum atomic E-state index is 12.7. The summed E-state index contributed by atoms with van der Waals surface area (Å²) in [6.07, 6.45) is 1.67. The summed E-state index contributed by atoms with van der Waals surface area (Å²) in [6.45, 7) is 3.35. The molecule has 3 rings (SSSR count). The van der Waals surface area contributed by atoms with Gasteiger partial charge in [0.2, 0.25) is 0 Å². The lowest BCUT2D eigenvalue weighted by atomic mass is 10.0. The number of carbonyl (C=O) groups is 3. The molecule has 2 aromatic carbocycles. The molecule has 0 aliphatic carbocycles. The Morgan fingerprint density at radius 3 is 2.56 bits per heavy atom. The fraction of sp³-hybridized carbons (Fsp3) is 0.250. The summed E-state index contributed by atoms with van der Waals surface area (Å²) in [4.78, 5) is 38.1. The number of imide groups is 1. The molecular formula is C20H19NO5S. The molecule has 1 aliphatic heterocycles. The number of nitrogens with zero attached hydrogens (tertiary/aromatic N) is 1. The van der Waals surface area contributed by atoms with Gasteiger partial charge in [-0.2, -0.15) is 0 Å². The van der Waals surface area contributed by atoms with Crippen LogP contribution in [-0.2, 0) is 14.3 Å². The third-order valence-electron chi connectivity index (χ3n) is 4.26. The number of fused-ring (bicyclic) bond motifs is 1. The molecule has 0 radical (unpaired) electrons. The molecule has 1 atom stereocenters. The maximum absolute atomic E-state index is 12.7. The van der Waals surface area contributed by atoms with Crippen molar-refractivity contribution < 1.29 is 23.9 Å². The maximum Gasteiger partial charge on any atom is 0.329 e. The Labute approximate surface area is 161 Å². The van der Waals surface area contributed by atoms with Crippen molar-refractivity contribution in [3.63, 3.8) is 0 Å². The quantitative estimate of drug-likeness (QED) is 0.575. The van der Waals surface area contributed by atoms with Gasteiger partial charge in [-0.25, -0.2) is 4.79 Å². The molecule has 0 aromatic heterocycles. The third-order valence-corrected chi connectivity index (χ3v) is 5.15. The number of rotatable bonds is 5. The topological polar surface area (TPSA) is 72.9 Å². The molecule has 0 N–H and O–H groups in total. The standard InChI is InChI=1S/C20H19NO5S/c1-4-26-19(23)12(2)21-18(22)17(27-20(21)24)11-13-9-10-16(25-3)15-8-6-5-7-14(13)15/h5-12H,4H2,1-3H3/b17-11+. The molecule has 6 nitrogen and oxygen atoms in total. The number of hydrogen-bond acceptors (Lipinski definition) is 6. The van der Waals surface area contributed by atoms with E-state index in [-0.39, 0.29) is 11.5 Å². The van der Waals surface area contributed by atoms with Crippen LogP contribution < -0.4 is 4.74 Å². The van der Waals surface area contributed by atoms with Crippen molar-refractivity contribution in [2.75, 3.05) is 13.7 Å². The van der Waals surface area contributed by atoms with Gasteiger partial charge in [0.25, 0.3) is 11.1 Å². The molecule has 2 aromatic rings. The van der Waals surface area contributed by atoms with Gasteiger partial charge in [0, 0.05) is 5.39 Å². The van der Waals surface area contributed by atoms with Gasteiger partial charge in [-0.3, -0.25) is 14.5 Å². The highest BCUT2D eigenvalue weighted by atomic mass is 32.2. The Kier molecular flexibility index (Phi) is 5.51. The van der Waals surface area contributed by atoms with Gasteiger partial charge >= 0.3 is 5.97 Å². The van der Waals surface area contributed by atoms with Gasteiger partial charge in [-0.05, 0) is 48.7 Å². The average Bonchev–Trinajstić information content (AvgIpc) is 2.95. The van der Waals surface area contributed by atoms with E-state index in [4.69, 9.17) is 9.47 Å². The van der Waals surface area contributed by atoms with E-state index in [2.05, 4.69) is 0 Å². The van der Waals surface area contributed by atoms with Gasteiger partial charge in [0.1, 0.15) is 11.8 Å². The summed E-state index contributed by atoms with van der Waals surface area (Å²) in [5.74, 6) is -0.367. The summed E-state index contributed by atoms with van der Waals surface area (Å²) in [7, 11) is 1.60. The van der Waals surface area contributed by atoms with Crippen LogP contribution >= 0.6 is 11.8 Å². The molecule has 0 spiro atoms. The van der Waals surface area contributed by atoms with Crippen LogP contribution in [0.1, 0.15) is 19.4 Å². The Morgan fingerprint density at radius 1 is 1.19 bits per heavy atom. The van der Waals surface area contributed by atoms with Crippen LogP contribution in [0.15, 0.2) is 41.3 Å². The van der Waals surface area contributed by atoms with E-state index in [1.54, 1.807) is 20.1 Å². The predicted molar refractivity (Wildman–Crippen MR) is 104 cm³/mol. The monoisotopic (exact) mass is 385 g/mol. The van der Waals surface area contributed by atoms with Crippen LogP contribution in [-0.4, -0.2) is 41.8 Å². The second kappa shape index (κ2) is 7.84. The van der Waals surface area contributed by atoms with Gasteiger partial charge < -0.3 is 9.47 Å². The first-order valence-corrected chi connectivity index (χ1v) is 9.29. The van der Waals surface area contributed by atoms with Crippen molar-refractivity contribution >= 4 is 45.7 Å². The lowest BCUT2D eigenvalue weighted by molar-refractivity contribution is -0.150. The normalized spacial score (nSPS) is 16.9. The van der Waals surface area contributed by atoms with E-state index in [1.807, 2.05) is 36.4 Å². The minimum Gasteiger partial charge on any atom is -0.496 e. The number of methoxy groups -OCH3 is 1. The van der Waals surface area contributed by atoms with Gasteiger partial charge in [-0.1, -0.05) is 30.3 Å². The highest BCUT2D eigenvalue weighted by Crippen LogP contribution is 2.36. The highest BCUT2D eigenvalue weighted by molar-refractivity contribution is 8.18. The first-order chi connectivity index (χ1) is 13.0. The molecule has 1 heterocycles. The third kappa shape index (κ3) is 3.55. The smallest absolute Gasteiger partial charge is 0.329 e. The van der Waals surface area contributed by atoms with Crippen LogP contribution in [0.2, 0.25) is 0 Å². The second-order valence-corrected chi connectivity index (χ2v) is 6.88. The number of carbonyl (C=O) groups excluding carboxylic acids is 3. The SMILES string of the molecule is CCOC(=O)C(C)N1C(=O)S/C(=C/c2ccc(OC)c3ccccc23)C1=O. The van der Waals surface area contributed by atoms with E-state index in [0.717, 1.165) is 38.7 Å². The average molecular weight is 385 g/mol. The van der Waals surface area contributed by atoms with Crippen molar-refractivity contribution in [3.8, 4) is 5.75 Å². The van der Waals surface area contributed by atoms with E-state index in [1.165, 1.54) is 6.92 Å². The van der Waals surface area contributed by atoms with Crippen LogP contribution in [0.25, 0.3) is 16.8 Å². The minimum absolute atomic E-state index is 0.188. The van der Waals surface area contributed by atoms with E-state index < -0.39 is 23.2 Å². The van der Waals surface area contributed by atoms with Crippen molar-refractivity contribution in [3.05, 3.63) is 46.9 Å². The second-order valence-electron chi connectivity index (χ2n) is 5.88. The number of amides is 2. The fourth-order valence-electron chi connectivity index (χ4n) is 2.92. The first kappa shape index (κ1) is 19.0. The Morgan fingerprint density at radius 2 is 1.89 bits per heavy atom. The van der Waals surface area contributed by atoms with E-state index in [0.29, 0.717) is 0 Å². The van der Waals surface area contributed by atoms with Crippen molar-refractivity contribution in [1.82, 2.24) is 4.90 Å². The number of hydrogen-bond donors (Lipinski definition) is 0. The van der Waals surface area contributed by atoms with Crippen molar-refractivity contribution in [1.29, 1.82) is 0 Å². The van der Waals surface area contributed by atoms with Crippen LogP contribution in [0.4, 0.5) is 4.79 Å². The first-order valence-electron chi connectivity index (χ1n) is 8.47. The molecule has 1 unspecified atom stereocenters. The number of benzene rings is 2. The minimum atomic E-state index is -0.962. The molecule has 140 valence electrons. The Hall–Kier alpha value is -2.80. The molecule has 1 fully saturated rings. The van der Waals surface area contributed by atoms with Crippen LogP contribution in [0.3, 0.4) is 0 Å². The van der Waals surface area contributed by atoms with E-state index >= 15 is 0 Å². The van der Waals surface area contributed by atoms with Gasteiger partial charge in [0.15, 0.2) is 0 Å².